The second-order valence-corrected chi connectivity index (χ2v) is 5.43. The Labute approximate surface area is 125 Å². The van der Waals surface area contributed by atoms with Gasteiger partial charge < -0.3 is 16.0 Å². The van der Waals surface area contributed by atoms with Gasteiger partial charge in [-0.1, -0.05) is 19.8 Å². The zero-order valence-electron chi connectivity index (χ0n) is 12.9. The lowest BCUT2D eigenvalue weighted by molar-refractivity contribution is -0.126. The van der Waals surface area contributed by atoms with E-state index in [0.29, 0.717) is 19.4 Å². The van der Waals surface area contributed by atoms with Gasteiger partial charge in [0.25, 0.3) is 0 Å². The van der Waals surface area contributed by atoms with E-state index in [-0.39, 0.29) is 37.0 Å². The topological polar surface area (TPSA) is 95.7 Å². The summed E-state index contributed by atoms with van der Waals surface area (Å²) in [5, 5.41) is 2.90. The molecule has 1 atom stereocenters. The Balaban J connectivity index is 2.27. The normalized spacial score (nSPS) is 16.5. The quantitative estimate of drug-likeness (QED) is 0.598. The van der Waals surface area contributed by atoms with Gasteiger partial charge in [0.2, 0.25) is 11.8 Å². The first-order valence-electron chi connectivity index (χ1n) is 7.54. The molecule has 1 saturated heterocycles. The third-order valence-corrected chi connectivity index (χ3v) is 3.57. The van der Waals surface area contributed by atoms with Gasteiger partial charge in [0, 0.05) is 32.6 Å². The molecule has 21 heavy (non-hydrogen) atoms. The van der Waals surface area contributed by atoms with Crippen molar-refractivity contribution >= 4 is 17.8 Å². The number of nitrogens with one attached hydrogen (secondary N) is 1. The van der Waals surface area contributed by atoms with Crippen molar-refractivity contribution in [3.05, 3.63) is 0 Å². The molecule has 7 nitrogen and oxygen atoms in total. The smallest absolute Gasteiger partial charge is 0.326 e. The van der Waals surface area contributed by atoms with Gasteiger partial charge in [0.1, 0.15) is 6.54 Å². The van der Waals surface area contributed by atoms with Crippen LogP contribution < -0.4 is 11.1 Å². The first-order chi connectivity index (χ1) is 9.99. The summed E-state index contributed by atoms with van der Waals surface area (Å²) in [7, 11) is 1.59. The van der Waals surface area contributed by atoms with Crippen LogP contribution in [0.1, 0.15) is 39.0 Å². The predicted molar refractivity (Wildman–Crippen MR) is 79.5 cm³/mol. The first kappa shape index (κ1) is 17.4. The lowest BCUT2D eigenvalue weighted by Gasteiger charge is -2.17. The molecule has 7 heteroatoms. The number of carbonyl (C=O) groups excluding carboxylic acids is 3. The number of imide groups is 1. The Bertz CT molecular complexity index is 386. The maximum absolute atomic E-state index is 11.8. The molecular weight excluding hydrogens is 272 g/mol. The van der Waals surface area contributed by atoms with Crippen molar-refractivity contribution < 1.29 is 14.4 Å². The van der Waals surface area contributed by atoms with Crippen LogP contribution in [0.4, 0.5) is 4.79 Å². The highest BCUT2D eigenvalue weighted by Gasteiger charge is 2.32. The molecule has 1 aliphatic rings. The number of likely N-dealkylation sites (N-methyl/N-ethyl adjacent to an activating group) is 1. The van der Waals surface area contributed by atoms with Crippen molar-refractivity contribution in [1.82, 2.24) is 15.1 Å². The summed E-state index contributed by atoms with van der Waals surface area (Å²) < 4.78 is 0. The molecule has 0 bridgehead atoms. The molecule has 0 aromatic carbocycles. The molecule has 0 aromatic heterocycles. The molecular formula is C14H26N4O3. The van der Waals surface area contributed by atoms with Crippen LogP contribution in [0.5, 0.6) is 0 Å². The third-order valence-electron chi connectivity index (χ3n) is 3.57. The Morgan fingerprint density at radius 2 is 2.10 bits per heavy atom. The molecule has 1 unspecified atom stereocenters. The van der Waals surface area contributed by atoms with Gasteiger partial charge >= 0.3 is 6.03 Å². The Morgan fingerprint density at radius 1 is 1.38 bits per heavy atom. The predicted octanol–water partition coefficient (Wildman–Crippen LogP) is 0.294. The summed E-state index contributed by atoms with van der Waals surface area (Å²) in [4.78, 5) is 37.6. The van der Waals surface area contributed by atoms with Gasteiger partial charge in [-0.15, -0.1) is 0 Å². The number of rotatable bonds is 9. The van der Waals surface area contributed by atoms with Crippen LogP contribution in [0.3, 0.4) is 0 Å². The monoisotopic (exact) mass is 298 g/mol. The van der Waals surface area contributed by atoms with Crippen LogP contribution in [0.15, 0.2) is 0 Å². The first-order valence-corrected chi connectivity index (χ1v) is 7.54. The van der Waals surface area contributed by atoms with Crippen molar-refractivity contribution in [3.8, 4) is 0 Å². The van der Waals surface area contributed by atoms with Crippen molar-refractivity contribution in [2.45, 2.75) is 45.1 Å². The highest BCUT2D eigenvalue weighted by atomic mass is 16.2. The van der Waals surface area contributed by atoms with Crippen LogP contribution in [-0.2, 0) is 9.59 Å². The average molecular weight is 298 g/mol. The second kappa shape index (κ2) is 8.61. The number of urea groups is 1. The fourth-order valence-corrected chi connectivity index (χ4v) is 2.29. The average Bonchev–Trinajstić information content (AvgIpc) is 2.69. The molecule has 1 fully saturated rings. The summed E-state index contributed by atoms with van der Waals surface area (Å²) in [6.45, 7) is 2.94. The Kier molecular flexibility index (Phi) is 7.14. The van der Waals surface area contributed by atoms with E-state index in [1.54, 1.807) is 7.05 Å². The van der Waals surface area contributed by atoms with E-state index in [1.165, 1.54) is 9.80 Å². The largest absolute Gasteiger partial charge is 0.352 e. The highest BCUT2D eigenvalue weighted by Crippen LogP contribution is 2.09. The van der Waals surface area contributed by atoms with Gasteiger partial charge in [-0.05, 0) is 12.8 Å². The molecule has 0 aliphatic carbocycles. The molecule has 0 aromatic rings. The minimum atomic E-state index is -0.289. The van der Waals surface area contributed by atoms with Crippen LogP contribution in [0.25, 0.3) is 0 Å². The Hall–Kier alpha value is -1.63. The highest BCUT2D eigenvalue weighted by molar-refractivity contribution is 6.01. The standard InChI is InChI=1S/C14H26N4O3/c1-3-4-6-11(9-15)16-12(19)7-5-8-18-13(20)10-17(2)14(18)21/h11H,3-10,15H2,1-2H3,(H,16,19). The van der Waals surface area contributed by atoms with Crippen LogP contribution in [0.2, 0.25) is 0 Å². The van der Waals surface area contributed by atoms with Gasteiger partial charge in [0.15, 0.2) is 0 Å². The van der Waals surface area contributed by atoms with E-state index in [9.17, 15) is 14.4 Å². The van der Waals surface area contributed by atoms with E-state index >= 15 is 0 Å². The van der Waals surface area contributed by atoms with Gasteiger partial charge in [0.05, 0.1) is 0 Å². The van der Waals surface area contributed by atoms with Crippen molar-refractivity contribution in [1.29, 1.82) is 0 Å². The van der Waals surface area contributed by atoms with E-state index in [4.69, 9.17) is 5.73 Å². The molecule has 1 rings (SSSR count). The molecule has 1 heterocycles. The molecule has 4 amide bonds. The van der Waals surface area contributed by atoms with Crippen molar-refractivity contribution in [3.63, 3.8) is 0 Å². The van der Waals surface area contributed by atoms with E-state index < -0.39 is 0 Å². The minimum Gasteiger partial charge on any atom is -0.352 e. The second-order valence-electron chi connectivity index (χ2n) is 5.43. The van der Waals surface area contributed by atoms with Crippen LogP contribution in [0, 0.1) is 0 Å². The molecule has 0 spiro atoms. The van der Waals surface area contributed by atoms with Crippen molar-refractivity contribution in [2.75, 3.05) is 26.7 Å². The fraction of sp³-hybridized carbons (Fsp3) is 0.786. The molecule has 120 valence electrons. The maximum atomic E-state index is 11.8. The number of hydrogen-bond donors (Lipinski definition) is 2. The number of nitrogens with two attached hydrogens (primary N) is 1. The molecule has 0 saturated carbocycles. The van der Waals surface area contributed by atoms with Gasteiger partial charge in [-0.3, -0.25) is 14.5 Å². The maximum Gasteiger partial charge on any atom is 0.326 e. The lowest BCUT2D eigenvalue weighted by Crippen LogP contribution is -2.40. The number of amides is 4. The fourth-order valence-electron chi connectivity index (χ4n) is 2.29. The van der Waals surface area contributed by atoms with Gasteiger partial charge in [-0.2, -0.15) is 0 Å². The zero-order valence-corrected chi connectivity index (χ0v) is 12.9. The summed E-state index contributed by atoms with van der Waals surface area (Å²) in [6, 6.07) is -0.276. The van der Waals surface area contributed by atoms with E-state index in [0.717, 1.165) is 19.3 Å². The SMILES string of the molecule is CCCCC(CN)NC(=O)CCCN1C(=O)CN(C)C1=O. The van der Waals surface area contributed by atoms with E-state index in [2.05, 4.69) is 12.2 Å². The summed E-state index contributed by atoms with van der Waals surface area (Å²) in [6.07, 6.45) is 3.75. The summed E-state index contributed by atoms with van der Waals surface area (Å²) in [5.41, 5.74) is 5.62. The number of hydrogen-bond acceptors (Lipinski definition) is 4. The minimum absolute atomic E-state index is 0.0126. The summed E-state index contributed by atoms with van der Waals surface area (Å²) >= 11 is 0. The number of unbranched alkanes of at least 4 members (excludes halogenated alkanes) is 1. The van der Waals surface area contributed by atoms with Crippen LogP contribution in [-0.4, -0.2) is 60.4 Å². The molecule has 1 aliphatic heterocycles. The third kappa shape index (κ3) is 5.34. The zero-order chi connectivity index (χ0) is 15.8. The lowest BCUT2D eigenvalue weighted by atomic mass is 10.1. The Morgan fingerprint density at radius 3 is 2.62 bits per heavy atom. The molecule has 3 N–H and O–H groups in total. The van der Waals surface area contributed by atoms with Crippen molar-refractivity contribution in [2.24, 2.45) is 5.73 Å². The van der Waals surface area contributed by atoms with E-state index in [1.807, 2.05) is 0 Å². The molecule has 0 radical (unpaired) electrons. The van der Waals surface area contributed by atoms with Crippen LogP contribution >= 0.6 is 0 Å². The number of nitrogens with zero attached hydrogens (tertiary/aromatic N) is 2. The summed E-state index contributed by atoms with van der Waals surface area (Å²) in [5.74, 6) is -0.278. The van der Waals surface area contributed by atoms with Gasteiger partial charge in [-0.25, -0.2) is 4.79 Å². The number of carbonyl (C=O) groups is 3.